The summed E-state index contributed by atoms with van der Waals surface area (Å²) in [7, 11) is 0.165. The van der Waals surface area contributed by atoms with Gasteiger partial charge in [0.25, 0.3) is 5.69 Å². The standard InChI is InChI=1S/C20H26N4O4S/c1-22(2)17-8-6-7-16(13-17)15-21-19-10-9-18(14-20(19)24(25)26)29(27,28)23-11-4-3-5-12-23/h6-10,13-14,21H,3-5,11-12,15H2,1-2H3. The Labute approximate surface area is 171 Å². The Bertz CT molecular complexity index is 986. The molecule has 0 saturated carbocycles. The zero-order valence-corrected chi connectivity index (χ0v) is 17.5. The second-order valence-electron chi connectivity index (χ2n) is 7.32. The zero-order valence-electron chi connectivity index (χ0n) is 16.7. The van der Waals surface area contributed by atoms with Crippen LogP contribution in [0.3, 0.4) is 0 Å². The van der Waals surface area contributed by atoms with E-state index in [1.165, 1.54) is 16.4 Å². The number of piperidine rings is 1. The highest BCUT2D eigenvalue weighted by Crippen LogP contribution is 2.30. The number of nitro groups is 1. The Kier molecular flexibility index (Phi) is 6.39. The lowest BCUT2D eigenvalue weighted by molar-refractivity contribution is -0.384. The smallest absolute Gasteiger partial charge is 0.293 e. The molecule has 0 aliphatic carbocycles. The largest absolute Gasteiger partial charge is 0.378 e. The molecule has 1 heterocycles. The van der Waals surface area contributed by atoms with Crippen molar-refractivity contribution in [3.63, 3.8) is 0 Å². The van der Waals surface area contributed by atoms with Crippen LogP contribution < -0.4 is 10.2 Å². The number of anilines is 2. The number of benzene rings is 2. The minimum absolute atomic E-state index is 0.0359. The van der Waals surface area contributed by atoms with Gasteiger partial charge in [0.1, 0.15) is 5.69 Å². The molecule has 0 unspecified atom stereocenters. The van der Waals surface area contributed by atoms with Gasteiger partial charge < -0.3 is 10.2 Å². The minimum Gasteiger partial charge on any atom is -0.378 e. The molecule has 3 rings (SSSR count). The molecule has 1 aliphatic heterocycles. The molecule has 0 bridgehead atoms. The third-order valence-electron chi connectivity index (χ3n) is 5.03. The van der Waals surface area contributed by atoms with Crippen molar-refractivity contribution in [3.8, 4) is 0 Å². The molecular weight excluding hydrogens is 392 g/mol. The number of nitrogens with one attached hydrogen (secondary N) is 1. The van der Waals surface area contributed by atoms with Crippen LogP contribution in [-0.4, -0.2) is 44.8 Å². The van der Waals surface area contributed by atoms with Crippen LogP contribution in [0.2, 0.25) is 0 Å². The molecule has 1 N–H and O–H groups in total. The molecule has 9 heteroatoms. The number of nitro benzene ring substituents is 1. The predicted octanol–water partition coefficient (Wildman–Crippen LogP) is 3.45. The van der Waals surface area contributed by atoms with Crippen molar-refractivity contribution >= 4 is 27.1 Å². The van der Waals surface area contributed by atoms with E-state index in [0.29, 0.717) is 25.3 Å². The Morgan fingerprint density at radius 2 is 1.83 bits per heavy atom. The van der Waals surface area contributed by atoms with Crippen LogP contribution in [0, 0.1) is 10.1 Å². The van der Waals surface area contributed by atoms with E-state index in [9.17, 15) is 18.5 Å². The maximum absolute atomic E-state index is 12.8. The molecule has 0 amide bonds. The summed E-state index contributed by atoms with van der Waals surface area (Å²) in [4.78, 5) is 13.0. The molecule has 1 saturated heterocycles. The van der Waals surface area contributed by atoms with Crippen LogP contribution in [0.25, 0.3) is 0 Å². The Morgan fingerprint density at radius 1 is 1.10 bits per heavy atom. The van der Waals surface area contributed by atoms with Gasteiger partial charge in [0.2, 0.25) is 10.0 Å². The van der Waals surface area contributed by atoms with Crippen LogP contribution in [0.4, 0.5) is 17.1 Å². The van der Waals surface area contributed by atoms with Crippen molar-refractivity contribution in [1.29, 1.82) is 0 Å². The Balaban J connectivity index is 1.83. The first-order valence-corrected chi connectivity index (χ1v) is 11.0. The molecule has 1 fully saturated rings. The first kappa shape index (κ1) is 21.1. The second kappa shape index (κ2) is 8.79. The Morgan fingerprint density at radius 3 is 2.48 bits per heavy atom. The van der Waals surface area contributed by atoms with Crippen LogP contribution >= 0.6 is 0 Å². The third kappa shape index (κ3) is 4.86. The van der Waals surface area contributed by atoms with Gasteiger partial charge in [0.15, 0.2) is 0 Å². The van der Waals surface area contributed by atoms with Crippen molar-refractivity contribution < 1.29 is 13.3 Å². The molecule has 0 radical (unpaired) electrons. The zero-order chi connectivity index (χ0) is 21.0. The predicted molar refractivity (Wildman–Crippen MR) is 114 cm³/mol. The van der Waals surface area contributed by atoms with Gasteiger partial charge in [0.05, 0.1) is 9.82 Å². The number of rotatable bonds is 7. The van der Waals surface area contributed by atoms with E-state index in [1.54, 1.807) is 0 Å². The van der Waals surface area contributed by atoms with Gasteiger partial charge in [-0.3, -0.25) is 10.1 Å². The fraction of sp³-hybridized carbons (Fsp3) is 0.400. The van der Waals surface area contributed by atoms with Crippen molar-refractivity contribution in [2.45, 2.75) is 30.7 Å². The van der Waals surface area contributed by atoms with Crippen LogP contribution in [0.5, 0.6) is 0 Å². The Hall–Kier alpha value is -2.65. The summed E-state index contributed by atoms with van der Waals surface area (Å²) in [5.74, 6) is 0. The van der Waals surface area contributed by atoms with Crippen LogP contribution in [0.15, 0.2) is 47.4 Å². The summed E-state index contributed by atoms with van der Waals surface area (Å²) in [5.41, 5.74) is 2.05. The van der Waals surface area contributed by atoms with E-state index < -0.39 is 14.9 Å². The van der Waals surface area contributed by atoms with E-state index in [2.05, 4.69) is 5.32 Å². The average molecular weight is 419 g/mol. The lowest BCUT2D eigenvalue weighted by Gasteiger charge is -2.25. The SMILES string of the molecule is CN(C)c1cccc(CNc2ccc(S(=O)(=O)N3CCCCC3)cc2[N+](=O)[O-])c1. The quantitative estimate of drug-likeness (QED) is 0.547. The average Bonchev–Trinajstić information content (AvgIpc) is 2.72. The highest BCUT2D eigenvalue weighted by Gasteiger charge is 2.28. The normalized spacial score (nSPS) is 15.1. The summed E-state index contributed by atoms with van der Waals surface area (Å²) >= 11 is 0. The summed E-state index contributed by atoms with van der Waals surface area (Å²) in [6, 6.07) is 11.9. The summed E-state index contributed by atoms with van der Waals surface area (Å²) in [6.45, 7) is 1.30. The van der Waals surface area contributed by atoms with Crippen molar-refractivity contribution in [2.75, 3.05) is 37.4 Å². The summed E-state index contributed by atoms with van der Waals surface area (Å²) < 4.78 is 27.1. The number of sulfonamides is 1. The van der Waals surface area contributed by atoms with E-state index in [1.807, 2.05) is 43.3 Å². The molecule has 8 nitrogen and oxygen atoms in total. The molecule has 2 aromatic carbocycles. The van der Waals surface area contributed by atoms with E-state index in [4.69, 9.17) is 0 Å². The first-order valence-electron chi connectivity index (χ1n) is 9.58. The van der Waals surface area contributed by atoms with Gasteiger partial charge in [-0.25, -0.2) is 8.42 Å². The van der Waals surface area contributed by atoms with Gasteiger partial charge in [-0.05, 0) is 42.7 Å². The van der Waals surface area contributed by atoms with Crippen LogP contribution in [-0.2, 0) is 16.6 Å². The molecule has 156 valence electrons. The second-order valence-corrected chi connectivity index (χ2v) is 9.26. The minimum atomic E-state index is -3.72. The number of nitrogens with zero attached hydrogens (tertiary/aromatic N) is 3. The number of hydrogen-bond donors (Lipinski definition) is 1. The molecular formula is C20H26N4O4S. The lowest BCUT2D eigenvalue weighted by Crippen LogP contribution is -2.35. The molecule has 0 aromatic heterocycles. The fourth-order valence-electron chi connectivity index (χ4n) is 3.37. The first-order chi connectivity index (χ1) is 13.8. The van der Waals surface area contributed by atoms with Crippen molar-refractivity contribution in [3.05, 3.63) is 58.1 Å². The highest BCUT2D eigenvalue weighted by atomic mass is 32.2. The summed E-state index contributed by atoms with van der Waals surface area (Å²) in [6.07, 6.45) is 2.63. The maximum atomic E-state index is 12.8. The fourth-order valence-corrected chi connectivity index (χ4v) is 4.91. The van der Waals surface area contributed by atoms with Crippen molar-refractivity contribution in [1.82, 2.24) is 4.31 Å². The summed E-state index contributed by atoms with van der Waals surface area (Å²) in [5, 5.41) is 14.6. The topological polar surface area (TPSA) is 95.8 Å². The molecule has 1 aliphatic rings. The van der Waals surface area contributed by atoms with E-state index >= 15 is 0 Å². The van der Waals surface area contributed by atoms with Gasteiger partial charge in [-0.2, -0.15) is 4.31 Å². The van der Waals surface area contributed by atoms with Crippen molar-refractivity contribution in [2.24, 2.45) is 0 Å². The monoisotopic (exact) mass is 418 g/mol. The molecule has 0 spiro atoms. The van der Waals surface area contributed by atoms with Gasteiger partial charge in [-0.1, -0.05) is 18.6 Å². The van der Waals surface area contributed by atoms with Gasteiger partial charge in [0, 0.05) is 45.5 Å². The third-order valence-corrected chi connectivity index (χ3v) is 6.92. The van der Waals surface area contributed by atoms with Gasteiger partial charge in [-0.15, -0.1) is 0 Å². The molecule has 29 heavy (non-hydrogen) atoms. The van der Waals surface area contributed by atoms with Crippen LogP contribution in [0.1, 0.15) is 24.8 Å². The number of hydrogen-bond acceptors (Lipinski definition) is 6. The molecule has 2 aromatic rings. The maximum Gasteiger partial charge on any atom is 0.293 e. The lowest BCUT2D eigenvalue weighted by atomic mass is 10.2. The molecule has 0 atom stereocenters. The highest BCUT2D eigenvalue weighted by molar-refractivity contribution is 7.89. The van der Waals surface area contributed by atoms with E-state index in [-0.39, 0.29) is 10.6 Å². The van der Waals surface area contributed by atoms with E-state index in [0.717, 1.165) is 36.6 Å². The van der Waals surface area contributed by atoms with Gasteiger partial charge >= 0.3 is 0 Å².